The van der Waals surface area contributed by atoms with Crippen molar-refractivity contribution in [2.24, 2.45) is 16.2 Å². The van der Waals surface area contributed by atoms with Crippen molar-refractivity contribution in [3.8, 4) is 10.4 Å². The van der Waals surface area contributed by atoms with Crippen LogP contribution >= 0.6 is 34.7 Å². The normalized spacial score (nSPS) is 22.1. The molecule has 538 valence electrons. The maximum Gasteiger partial charge on any atom is 0.501 e. The lowest BCUT2D eigenvalue weighted by atomic mass is 9.39. The summed E-state index contributed by atoms with van der Waals surface area (Å²) in [5.41, 5.74) is 2.24. The van der Waals surface area contributed by atoms with Crippen molar-refractivity contribution >= 4 is 89.6 Å². The number of carbonyl (C=O) groups excluding carboxylic acids is 4. The molecule has 11 rings (SSSR count). The SMILES string of the molecule is Cc1ncsc1-c1ccc([C@H](C)NC(=O)[C@@H]2C[C@@H](O)CN2C(=O)[C@@H](NC(=O)CCCCCCN(C)CC[C@H](CSc2ccccc2)Nc2ccc(S(=O)(=O)NC(=O)c3ccc(N4CCN(CC5=C(C67CC(Cl)(C6)C7)CC(C)(C)CC5)CC4)cc3)cc2S(=O)(=O)C(F)(F)F)C(C)(C)C)cc1. The molecule has 1 aromatic heterocycles. The van der Waals surface area contributed by atoms with E-state index in [1.807, 2.05) is 106 Å². The van der Waals surface area contributed by atoms with Crippen molar-refractivity contribution in [2.75, 3.05) is 75.4 Å². The first kappa shape index (κ1) is 75.6. The Bertz CT molecular complexity index is 3960. The van der Waals surface area contributed by atoms with Crippen LogP contribution < -0.4 is 25.6 Å². The molecule has 2 aliphatic heterocycles. The summed E-state index contributed by atoms with van der Waals surface area (Å²) in [5.74, 6) is -1.94. The summed E-state index contributed by atoms with van der Waals surface area (Å²) in [6.45, 7) is 19.2. The number of unbranched alkanes of at least 4 members (excludes halogenated alkanes) is 3. The van der Waals surface area contributed by atoms with Crippen LogP contribution in [0.25, 0.3) is 10.4 Å². The van der Waals surface area contributed by atoms with Crippen molar-refractivity contribution in [1.29, 1.82) is 0 Å². The molecule has 6 aliphatic rings. The molecular weight excluding hydrogens is 1370 g/mol. The number of hydrogen-bond donors (Lipinski definition) is 5. The fourth-order valence-electron chi connectivity index (χ4n) is 14.6. The van der Waals surface area contributed by atoms with E-state index in [2.05, 4.69) is 44.6 Å². The number of aryl methyl sites for hydroxylation is 1. The highest BCUT2D eigenvalue weighted by molar-refractivity contribution is 7.99. The van der Waals surface area contributed by atoms with Gasteiger partial charge >= 0.3 is 5.51 Å². The Hall–Kier alpha value is -6.06. The Kier molecular flexibility index (Phi) is 23.6. The summed E-state index contributed by atoms with van der Waals surface area (Å²) in [6, 6.07) is 23.0. The monoisotopic (exact) mass is 1460 g/mol. The molecule has 0 spiro atoms. The van der Waals surface area contributed by atoms with Crippen LogP contribution in [0.1, 0.15) is 153 Å². The summed E-state index contributed by atoms with van der Waals surface area (Å²) in [6.07, 6.45) is 8.95. The molecule has 4 aromatic carbocycles. The number of allylic oxidation sites excluding steroid dienone is 1. The average Bonchev–Trinajstić information content (AvgIpc) is 0.964. The third-order valence-electron chi connectivity index (χ3n) is 20.3. The highest BCUT2D eigenvalue weighted by atomic mass is 35.5. The van der Waals surface area contributed by atoms with E-state index in [4.69, 9.17) is 11.6 Å². The highest BCUT2D eigenvalue weighted by Crippen LogP contribution is 2.75. The predicted molar refractivity (Wildman–Crippen MR) is 385 cm³/mol. The number of carbonyl (C=O) groups is 4. The van der Waals surface area contributed by atoms with Gasteiger partial charge in [-0.25, -0.2) is 26.5 Å². The number of halogens is 4. The number of anilines is 2. The van der Waals surface area contributed by atoms with Crippen molar-refractivity contribution in [2.45, 2.75) is 187 Å². The number of hydrogen-bond acceptors (Lipinski definition) is 16. The van der Waals surface area contributed by atoms with Crippen LogP contribution in [0.2, 0.25) is 0 Å². The zero-order valence-corrected chi connectivity index (χ0v) is 61.9. The van der Waals surface area contributed by atoms with E-state index < -0.39 is 94.3 Å². The molecule has 5 atom stereocenters. The first-order chi connectivity index (χ1) is 46.6. The summed E-state index contributed by atoms with van der Waals surface area (Å²) < 4.78 is 100. The number of nitrogens with one attached hydrogen (secondary N) is 4. The minimum Gasteiger partial charge on any atom is -0.391 e. The second-order valence-electron chi connectivity index (χ2n) is 29.8. The summed E-state index contributed by atoms with van der Waals surface area (Å²) >= 11 is 9.69. The van der Waals surface area contributed by atoms with Gasteiger partial charge in [0.25, 0.3) is 25.8 Å². The Morgan fingerprint density at radius 3 is 2.18 bits per heavy atom. The lowest BCUT2D eigenvalue weighted by molar-refractivity contribution is -0.144. The molecule has 26 heteroatoms. The highest BCUT2D eigenvalue weighted by Gasteiger charge is 2.69. The van der Waals surface area contributed by atoms with Crippen LogP contribution in [0.4, 0.5) is 24.5 Å². The van der Waals surface area contributed by atoms with Crippen LogP contribution in [0, 0.1) is 23.2 Å². The topological polar surface area (TPSA) is 231 Å². The Balaban J connectivity index is 0.700. The lowest BCUT2D eigenvalue weighted by Crippen LogP contribution is -2.65. The zero-order chi connectivity index (χ0) is 71.5. The molecule has 5 aromatic rings. The number of amides is 4. The van der Waals surface area contributed by atoms with Crippen LogP contribution in [0.3, 0.4) is 0 Å². The third kappa shape index (κ3) is 18.4. The summed E-state index contributed by atoms with van der Waals surface area (Å²) in [7, 11) is -9.19. The number of benzene rings is 4. The van der Waals surface area contributed by atoms with Gasteiger partial charge < -0.3 is 35.8 Å². The molecule has 99 heavy (non-hydrogen) atoms. The predicted octanol–water partition coefficient (Wildman–Crippen LogP) is 12.5. The number of rotatable bonds is 29. The molecule has 5 fully saturated rings. The van der Waals surface area contributed by atoms with Gasteiger partial charge in [0.2, 0.25) is 17.7 Å². The number of aliphatic hydroxyl groups is 1. The van der Waals surface area contributed by atoms with Gasteiger partial charge in [-0.15, -0.1) is 34.7 Å². The van der Waals surface area contributed by atoms with Crippen LogP contribution in [-0.2, 0) is 34.2 Å². The van der Waals surface area contributed by atoms with Gasteiger partial charge in [-0.05, 0) is 174 Å². The standard InChI is InChI=1S/C73H95ClF3N9O9S4/c1-48(50-19-21-51(22-20-50)64-49(2)78-47-97-64)79-67(90)61-38-56(87)42-86(61)68(91)65(69(3,4)5)81-63(88)18-14-9-10-15-32-83(8)33-30-54(43-96-57-16-12-11-13-17-57)80-60-28-27-58(39-62(60)98(92,93)73(75,76)77)99(94,95)82-66(89)52-23-25-55(26-24-52)85-36-34-84(35-37-85)41-53-29-31-70(6,7)40-59(53)71-44-72(74,45-71)46-71/h11-13,16-17,19-28,39,47-48,54,56,61,65,80,87H,9-10,14-15,18,29-38,40-46H2,1-8H3,(H,79,90)(H,81,88)(H,82,89)/t48-,54+,56+,61-,65+,71?,72?/m0/s1. The van der Waals surface area contributed by atoms with E-state index in [-0.39, 0.29) is 46.9 Å². The van der Waals surface area contributed by atoms with Crippen molar-refractivity contribution in [3.63, 3.8) is 0 Å². The summed E-state index contributed by atoms with van der Waals surface area (Å²) in [5, 5.41) is 19.8. The largest absolute Gasteiger partial charge is 0.501 e. The number of aromatic nitrogens is 1. The van der Waals surface area contributed by atoms with Gasteiger partial charge in [-0.1, -0.05) is 101 Å². The molecule has 4 amide bonds. The smallest absolute Gasteiger partial charge is 0.391 e. The van der Waals surface area contributed by atoms with Gasteiger partial charge in [-0.2, -0.15) is 13.2 Å². The minimum atomic E-state index is -6.16. The van der Waals surface area contributed by atoms with Gasteiger partial charge in [0, 0.05) is 84.9 Å². The van der Waals surface area contributed by atoms with Crippen LogP contribution in [-0.4, -0.2) is 165 Å². The molecule has 5 N–H and O–H groups in total. The molecule has 4 aliphatic carbocycles. The zero-order valence-electron chi connectivity index (χ0n) is 57.9. The van der Waals surface area contributed by atoms with E-state index in [9.17, 15) is 54.3 Å². The summed E-state index contributed by atoms with van der Waals surface area (Å²) in [4.78, 5) is 67.5. The number of sulfonamides is 1. The maximum absolute atomic E-state index is 14.6. The quantitative estimate of drug-likeness (QED) is 0.0130. The van der Waals surface area contributed by atoms with Crippen LogP contribution in [0.15, 0.2) is 128 Å². The number of piperazine rings is 1. The van der Waals surface area contributed by atoms with Crippen molar-refractivity contribution in [1.82, 2.24) is 35.0 Å². The number of aliphatic hydroxyl groups excluding tert-OH is 1. The lowest BCUT2D eigenvalue weighted by Gasteiger charge is -2.70. The van der Waals surface area contributed by atoms with E-state index in [0.29, 0.717) is 43.8 Å². The number of sulfone groups is 1. The third-order valence-corrected chi connectivity index (χ3v) is 25.7. The second-order valence-corrected chi connectivity index (χ2v) is 36.2. The molecule has 0 radical (unpaired) electrons. The fourth-order valence-corrected chi connectivity index (χ4v) is 19.2. The van der Waals surface area contributed by atoms with Gasteiger partial charge in [0.15, 0.2) is 0 Å². The fraction of sp³-hybridized carbons (Fsp3) is 0.548. The number of likely N-dealkylation sites (tertiary alicyclic amines) is 1. The Morgan fingerprint density at radius 2 is 1.55 bits per heavy atom. The molecule has 2 bridgehead atoms. The van der Waals surface area contributed by atoms with Crippen molar-refractivity contribution in [3.05, 3.63) is 131 Å². The van der Waals surface area contributed by atoms with Crippen molar-refractivity contribution < 1.29 is 54.3 Å². The number of thiazole rings is 1. The molecular formula is C73H95ClF3N9O9S4. The minimum absolute atomic E-state index is 0.00898. The second kappa shape index (κ2) is 30.9. The van der Waals surface area contributed by atoms with E-state index in [1.54, 1.807) is 40.1 Å². The molecule has 18 nitrogen and oxygen atoms in total. The van der Waals surface area contributed by atoms with E-state index >= 15 is 0 Å². The molecule has 2 saturated heterocycles. The van der Waals surface area contributed by atoms with Gasteiger partial charge in [-0.3, -0.25) is 24.1 Å². The Morgan fingerprint density at radius 1 is 0.869 bits per heavy atom. The van der Waals surface area contributed by atoms with Crippen LogP contribution in [0.5, 0.6) is 0 Å². The average molecular weight is 1460 g/mol. The van der Waals surface area contributed by atoms with Gasteiger partial charge in [0.1, 0.15) is 17.0 Å². The first-order valence-electron chi connectivity index (χ1n) is 34.3. The number of alkyl halides is 4. The molecule has 3 saturated carbocycles. The van der Waals surface area contributed by atoms with E-state index in [1.165, 1.54) is 35.2 Å². The number of thioether (sulfide) groups is 1. The molecule has 0 unspecified atom stereocenters. The maximum atomic E-state index is 14.6. The number of β-amino-alcohol motifs (C(OH)–C–C–N with tert-alkyl or cyclic N) is 1. The number of nitrogens with zero attached hydrogens (tertiary/aromatic N) is 5. The Labute approximate surface area is 595 Å². The first-order valence-corrected chi connectivity index (χ1v) is 39.5. The molecule has 3 heterocycles. The van der Waals surface area contributed by atoms with E-state index in [0.717, 1.165) is 122 Å². The van der Waals surface area contributed by atoms with Gasteiger partial charge in [0.05, 0.1) is 38.8 Å².